The summed E-state index contributed by atoms with van der Waals surface area (Å²) in [7, 11) is -3.19. The number of nitrogens with zero attached hydrogens (tertiary/aromatic N) is 1. The number of hydrogen-bond acceptors (Lipinski definition) is 4. The summed E-state index contributed by atoms with van der Waals surface area (Å²) in [5.74, 6) is -1.71. The lowest BCUT2D eigenvalue weighted by Crippen LogP contribution is -2.43. The van der Waals surface area contributed by atoms with E-state index in [9.17, 15) is 18.0 Å². The molecule has 0 aromatic heterocycles. The minimum Gasteiger partial charge on any atom is -0.480 e. The van der Waals surface area contributed by atoms with Crippen LogP contribution in [0.3, 0.4) is 0 Å². The molecule has 1 aliphatic heterocycles. The van der Waals surface area contributed by atoms with Gasteiger partial charge in [0, 0.05) is 19.0 Å². The average Bonchev–Trinajstić information content (AvgIpc) is 2.25. The third kappa shape index (κ3) is 4.31. The Morgan fingerprint density at radius 1 is 1.35 bits per heavy atom. The lowest BCUT2D eigenvalue weighted by atomic mass is 9.97. The summed E-state index contributed by atoms with van der Waals surface area (Å²) in [4.78, 5) is 21.8. The van der Waals surface area contributed by atoms with Crippen LogP contribution in [0.2, 0.25) is 0 Å². The van der Waals surface area contributed by atoms with Gasteiger partial charge in [-0.3, -0.25) is 9.59 Å². The van der Waals surface area contributed by atoms with Crippen molar-refractivity contribution in [2.45, 2.75) is 12.8 Å². The highest BCUT2D eigenvalue weighted by atomic mass is 32.2. The SMILES string of the molecule is CS(=O)(=O)N1CCC(C(=O)NCC(=O)O)CC1. The standard InChI is InChI=1S/C9H16N2O5S/c1-17(15,16)11-4-2-7(3-5-11)9(14)10-6-8(12)13/h7H,2-6H2,1H3,(H,10,14)(H,12,13). The summed E-state index contributed by atoms with van der Waals surface area (Å²) >= 11 is 0. The van der Waals surface area contributed by atoms with Crippen molar-refractivity contribution in [2.24, 2.45) is 5.92 Å². The molecule has 1 aliphatic rings. The molecule has 1 fully saturated rings. The first-order valence-electron chi connectivity index (χ1n) is 5.25. The van der Waals surface area contributed by atoms with E-state index in [4.69, 9.17) is 5.11 Å². The van der Waals surface area contributed by atoms with Crippen LogP contribution in [-0.2, 0) is 19.6 Å². The summed E-state index contributed by atoms with van der Waals surface area (Å²) in [6.07, 6.45) is 1.99. The van der Waals surface area contributed by atoms with Crippen molar-refractivity contribution in [1.82, 2.24) is 9.62 Å². The van der Waals surface area contributed by atoms with Crippen LogP contribution in [0, 0.1) is 5.92 Å². The molecule has 1 amide bonds. The van der Waals surface area contributed by atoms with E-state index in [1.165, 1.54) is 4.31 Å². The Morgan fingerprint density at radius 3 is 2.29 bits per heavy atom. The summed E-state index contributed by atoms with van der Waals surface area (Å²) in [5, 5.41) is 10.7. The summed E-state index contributed by atoms with van der Waals surface area (Å²) in [6, 6.07) is 0. The van der Waals surface area contributed by atoms with Crippen LogP contribution < -0.4 is 5.32 Å². The number of nitrogens with one attached hydrogen (secondary N) is 1. The highest BCUT2D eigenvalue weighted by molar-refractivity contribution is 7.88. The second-order valence-electron chi connectivity index (χ2n) is 4.05. The maximum absolute atomic E-state index is 11.5. The van der Waals surface area contributed by atoms with Gasteiger partial charge in [0.05, 0.1) is 6.26 Å². The van der Waals surface area contributed by atoms with Gasteiger partial charge in [0.15, 0.2) is 0 Å². The molecular formula is C9H16N2O5S. The van der Waals surface area contributed by atoms with E-state index in [1.807, 2.05) is 0 Å². The van der Waals surface area contributed by atoms with Crippen molar-refractivity contribution in [3.05, 3.63) is 0 Å². The van der Waals surface area contributed by atoms with Crippen molar-refractivity contribution in [1.29, 1.82) is 0 Å². The first-order valence-corrected chi connectivity index (χ1v) is 7.10. The fourth-order valence-electron chi connectivity index (χ4n) is 1.76. The monoisotopic (exact) mass is 264 g/mol. The number of carboxylic acids is 1. The maximum atomic E-state index is 11.5. The van der Waals surface area contributed by atoms with Crippen LogP contribution in [-0.4, -0.2) is 55.6 Å². The average molecular weight is 264 g/mol. The minimum absolute atomic E-state index is 0.299. The number of rotatable bonds is 4. The van der Waals surface area contributed by atoms with E-state index < -0.39 is 22.5 Å². The molecule has 7 nitrogen and oxygen atoms in total. The summed E-state index contributed by atoms with van der Waals surface area (Å²) < 4.78 is 23.8. The van der Waals surface area contributed by atoms with Gasteiger partial charge in [0.25, 0.3) is 0 Å². The Kier molecular flexibility index (Phi) is 4.47. The van der Waals surface area contributed by atoms with Crippen LogP contribution in [0.1, 0.15) is 12.8 Å². The van der Waals surface area contributed by atoms with Crippen LogP contribution in [0.15, 0.2) is 0 Å². The third-order valence-corrected chi connectivity index (χ3v) is 4.01. The largest absolute Gasteiger partial charge is 0.480 e. The molecule has 1 heterocycles. The number of aliphatic carboxylic acids is 1. The Bertz CT molecular complexity index is 398. The molecule has 0 aromatic rings. The zero-order valence-electron chi connectivity index (χ0n) is 9.55. The number of carboxylic acid groups (broad SMARTS) is 1. The third-order valence-electron chi connectivity index (χ3n) is 2.71. The van der Waals surface area contributed by atoms with Gasteiger partial charge in [-0.25, -0.2) is 12.7 Å². The number of hydrogen-bond donors (Lipinski definition) is 2. The summed E-state index contributed by atoms with van der Waals surface area (Å²) in [5.41, 5.74) is 0. The molecule has 0 saturated carbocycles. The number of carbonyl (C=O) groups is 2. The fourth-order valence-corrected chi connectivity index (χ4v) is 2.63. The van der Waals surface area contributed by atoms with Crippen LogP contribution in [0.25, 0.3) is 0 Å². The first kappa shape index (κ1) is 13.9. The molecule has 98 valence electrons. The van der Waals surface area contributed by atoms with Crippen LogP contribution in [0.5, 0.6) is 0 Å². The number of amides is 1. The molecule has 0 bridgehead atoms. The van der Waals surface area contributed by atoms with E-state index >= 15 is 0 Å². The number of piperidine rings is 1. The molecular weight excluding hydrogens is 248 g/mol. The Hall–Kier alpha value is -1.15. The van der Waals surface area contributed by atoms with Gasteiger partial charge in [-0.1, -0.05) is 0 Å². The van der Waals surface area contributed by atoms with E-state index in [0.717, 1.165) is 6.26 Å². The molecule has 2 N–H and O–H groups in total. The van der Waals surface area contributed by atoms with Gasteiger partial charge in [0.1, 0.15) is 6.54 Å². The van der Waals surface area contributed by atoms with Crippen LogP contribution in [0.4, 0.5) is 0 Å². The van der Waals surface area contributed by atoms with Gasteiger partial charge < -0.3 is 10.4 Å². The second kappa shape index (κ2) is 5.46. The lowest BCUT2D eigenvalue weighted by Gasteiger charge is -2.29. The molecule has 0 aromatic carbocycles. The van der Waals surface area contributed by atoms with E-state index in [2.05, 4.69) is 5.32 Å². The molecule has 1 rings (SSSR count). The smallest absolute Gasteiger partial charge is 0.322 e. The van der Waals surface area contributed by atoms with Crippen molar-refractivity contribution < 1.29 is 23.1 Å². The van der Waals surface area contributed by atoms with E-state index in [1.54, 1.807) is 0 Å². The van der Waals surface area contributed by atoms with Crippen LogP contribution >= 0.6 is 0 Å². The number of sulfonamides is 1. The predicted octanol–water partition coefficient (Wildman–Crippen LogP) is -1.14. The van der Waals surface area contributed by atoms with Gasteiger partial charge in [-0.05, 0) is 12.8 Å². The lowest BCUT2D eigenvalue weighted by molar-refractivity contribution is -0.138. The molecule has 0 unspecified atom stereocenters. The van der Waals surface area contributed by atoms with Crippen molar-refractivity contribution in [3.8, 4) is 0 Å². The zero-order chi connectivity index (χ0) is 13.1. The fraction of sp³-hybridized carbons (Fsp3) is 0.778. The van der Waals surface area contributed by atoms with E-state index in [0.29, 0.717) is 25.9 Å². The predicted molar refractivity (Wildman–Crippen MR) is 59.8 cm³/mol. The quantitative estimate of drug-likeness (QED) is 0.668. The Morgan fingerprint density at radius 2 is 1.88 bits per heavy atom. The molecule has 0 aliphatic carbocycles. The molecule has 17 heavy (non-hydrogen) atoms. The Balaban J connectivity index is 2.41. The van der Waals surface area contributed by atoms with Gasteiger partial charge in [-0.2, -0.15) is 0 Å². The van der Waals surface area contributed by atoms with Gasteiger partial charge >= 0.3 is 5.97 Å². The van der Waals surface area contributed by atoms with Gasteiger partial charge in [-0.15, -0.1) is 0 Å². The Labute approximate surface area is 99.8 Å². The van der Waals surface area contributed by atoms with Crippen molar-refractivity contribution in [2.75, 3.05) is 25.9 Å². The van der Waals surface area contributed by atoms with Crippen molar-refractivity contribution in [3.63, 3.8) is 0 Å². The highest BCUT2D eigenvalue weighted by Gasteiger charge is 2.28. The topological polar surface area (TPSA) is 104 Å². The maximum Gasteiger partial charge on any atom is 0.322 e. The molecule has 0 atom stereocenters. The highest BCUT2D eigenvalue weighted by Crippen LogP contribution is 2.18. The molecule has 0 radical (unpaired) electrons. The minimum atomic E-state index is -3.19. The second-order valence-corrected chi connectivity index (χ2v) is 6.03. The zero-order valence-corrected chi connectivity index (χ0v) is 10.4. The van der Waals surface area contributed by atoms with Crippen molar-refractivity contribution >= 4 is 21.9 Å². The number of carbonyl (C=O) groups excluding carboxylic acids is 1. The normalized spacial score (nSPS) is 18.9. The molecule has 1 saturated heterocycles. The first-order chi connectivity index (χ1) is 7.80. The van der Waals surface area contributed by atoms with Gasteiger partial charge in [0.2, 0.25) is 15.9 Å². The van der Waals surface area contributed by atoms with E-state index in [-0.39, 0.29) is 11.8 Å². The summed E-state index contributed by atoms with van der Waals surface area (Å²) in [6.45, 7) is 0.221. The molecule has 0 spiro atoms. The molecule has 8 heteroatoms.